The van der Waals surface area contributed by atoms with Crippen LogP contribution in [0.1, 0.15) is 50.5 Å². The number of urea groups is 1. The summed E-state index contributed by atoms with van der Waals surface area (Å²) in [4.78, 5) is 38.8. The highest BCUT2D eigenvalue weighted by Gasteiger charge is 2.25. The summed E-state index contributed by atoms with van der Waals surface area (Å²) < 4.78 is 7.46. The molecular weight excluding hydrogens is 526 g/mol. The number of benzene rings is 1. The lowest BCUT2D eigenvalue weighted by Gasteiger charge is -2.13. The van der Waals surface area contributed by atoms with Gasteiger partial charge < -0.3 is 25.8 Å². The van der Waals surface area contributed by atoms with Gasteiger partial charge in [0.05, 0.1) is 17.8 Å². The summed E-state index contributed by atoms with van der Waals surface area (Å²) in [6.45, 7) is 0.492. The van der Waals surface area contributed by atoms with E-state index < -0.39 is 17.9 Å². The third-order valence-corrected chi connectivity index (χ3v) is 6.49. The fourth-order valence-electron chi connectivity index (χ4n) is 4.08. The van der Waals surface area contributed by atoms with Crippen molar-refractivity contribution in [2.24, 2.45) is 0 Å². The number of carboxylic acids is 1. The molecule has 0 unspecified atom stereocenters. The number of amides is 3. The maximum atomic E-state index is 12.0. The summed E-state index contributed by atoms with van der Waals surface area (Å²) >= 11 is 6.47. The number of aliphatic carboxylic acids is 1. The Hall–Kier alpha value is -4.32. The Morgan fingerprint density at radius 3 is 2.72 bits per heavy atom. The number of halogens is 1. The summed E-state index contributed by atoms with van der Waals surface area (Å²) in [5.41, 5.74) is 1.89. The Bertz CT molecular complexity index is 1450. The molecule has 3 heterocycles. The van der Waals surface area contributed by atoms with Crippen molar-refractivity contribution in [3.05, 3.63) is 46.7 Å². The van der Waals surface area contributed by atoms with Crippen molar-refractivity contribution in [2.45, 2.75) is 51.0 Å². The zero-order valence-corrected chi connectivity index (χ0v) is 21.8. The van der Waals surface area contributed by atoms with Gasteiger partial charge in [-0.05, 0) is 50.0 Å². The average Bonchev–Trinajstić information content (AvgIpc) is 3.52. The van der Waals surface area contributed by atoms with E-state index in [0.29, 0.717) is 52.6 Å². The van der Waals surface area contributed by atoms with Gasteiger partial charge in [0, 0.05) is 29.8 Å². The second-order valence-electron chi connectivity index (χ2n) is 9.42. The van der Waals surface area contributed by atoms with E-state index in [4.69, 9.17) is 26.4 Å². The summed E-state index contributed by atoms with van der Waals surface area (Å²) in [6, 6.07) is 7.01. The van der Waals surface area contributed by atoms with Crippen molar-refractivity contribution in [1.82, 2.24) is 25.2 Å². The summed E-state index contributed by atoms with van der Waals surface area (Å²) in [5.74, 6) is 0.558. The molecule has 1 aliphatic heterocycles. The van der Waals surface area contributed by atoms with E-state index in [2.05, 4.69) is 26.4 Å². The number of imide groups is 1. The number of carbonyl (C=O) groups excluding carboxylic acids is 2. The van der Waals surface area contributed by atoms with E-state index in [9.17, 15) is 14.4 Å². The fraction of sp³-hybridized carbons (Fsp3) is 0.346. The predicted octanol–water partition coefficient (Wildman–Crippen LogP) is 4.29. The highest BCUT2D eigenvalue weighted by atomic mass is 35.5. The van der Waals surface area contributed by atoms with Gasteiger partial charge in [-0.3, -0.25) is 14.9 Å². The van der Waals surface area contributed by atoms with Crippen molar-refractivity contribution in [1.29, 1.82) is 0 Å². The van der Waals surface area contributed by atoms with Crippen LogP contribution < -0.4 is 26.0 Å². The molecule has 2 aliphatic rings. The number of hydrogen-bond acceptors (Lipinski definition) is 8. The Balaban J connectivity index is 1.29. The number of nitrogens with one attached hydrogen (secondary N) is 4. The molecule has 2 aromatic heterocycles. The van der Waals surface area contributed by atoms with E-state index >= 15 is 0 Å². The molecule has 5 rings (SSSR count). The number of anilines is 3. The molecule has 1 aromatic carbocycles. The summed E-state index contributed by atoms with van der Waals surface area (Å²) in [7, 11) is 0. The SMILES string of the molecule is O=C(O)CCCCCCOc1ccc(Nc2cc(NC3CC3)n3ncc(/C=C4\NC(=O)NC4=O)c3n2)cc1Cl. The van der Waals surface area contributed by atoms with Gasteiger partial charge in [0.15, 0.2) is 5.65 Å². The molecule has 3 aromatic rings. The van der Waals surface area contributed by atoms with Crippen LogP contribution in [0, 0.1) is 0 Å². The van der Waals surface area contributed by atoms with Crippen LogP contribution in [0.25, 0.3) is 11.7 Å². The van der Waals surface area contributed by atoms with Crippen LogP contribution in [0.2, 0.25) is 5.02 Å². The van der Waals surface area contributed by atoms with Gasteiger partial charge in [0.1, 0.15) is 23.1 Å². The minimum absolute atomic E-state index is 0.120. The zero-order chi connectivity index (χ0) is 27.4. The number of aromatic nitrogens is 3. The van der Waals surface area contributed by atoms with Crippen LogP contribution in [-0.4, -0.2) is 50.3 Å². The normalized spacial score (nSPS) is 15.9. The maximum absolute atomic E-state index is 12.0. The molecule has 0 atom stereocenters. The standard InChI is InChI=1S/C26H28ClN7O5/c27-18-12-17(8-9-20(18)39-10-4-2-1-3-5-23(35)36)29-21-13-22(30-16-6-7-16)34-24(32-21)15(14-28-34)11-19-25(37)33-26(38)31-19/h8-9,11-14,16,30H,1-7,10H2,(H,29,32)(H,35,36)(H2,31,33,37,38)/b19-11-. The first-order chi connectivity index (χ1) is 18.9. The van der Waals surface area contributed by atoms with Gasteiger partial charge in [-0.15, -0.1) is 0 Å². The minimum atomic E-state index is -0.770. The summed E-state index contributed by atoms with van der Waals surface area (Å²) in [6.07, 6.45) is 8.66. The Labute approximate surface area is 228 Å². The quantitative estimate of drug-likeness (QED) is 0.118. The number of rotatable bonds is 13. The number of carbonyl (C=O) groups is 3. The smallest absolute Gasteiger partial charge is 0.326 e. The number of carboxylic acid groups (broad SMARTS) is 1. The van der Waals surface area contributed by atoms with Crippen LogP contribution in [0.5, 0.6) is 5.75 Å². The molecule has 1 aliphatic carbocycles. The highest BCUT2D eigenvalue weighted by Crippen LogP contribution is 2.31. The van der Waals surface area contributed by atoms with Crippen molar-refractivity contribution in [3.8, 4) is 5.75 Å². The first-order valence-electron chi connectivity index (χ1n) is 12.8. The first kappa shape index (κ1) is 26.3. The summed E-state index contributed by atoms with van der Waals surface area (Å²) in [5, 5.41) is 25.0. The molecule has 39 heavy (non-hydrogen) atoms. The number of ether oxygens (including phenoxy) is 1. The molecule has 13 heteroatoms. The molecule has 12 nitrogen and oxygen atoms in total. The van der Waals surface area contributed by atoms with E-state index in [-0.39, 0.29) is 12.1 Å². The maximum Gasteiger partial charge on any atom is 0.326 e. The lowest BCUT2D eigenvalue weighted by molar-refractivity contribution is -0.137. The lowest BCUT2D eigenvalue weighted by atomic mass is 10.1. The van der Waals surface area contributed by atoms with Crippen molar-refractivity contribution in [3.63, 3.8) is 0 Å². The minimum Gasteiger partial charge on any atom is -0.492 e. The Morgan fingerprint density at radius 1 is 1.18 bits per heavy atom. The van der Waals surface area contributed by atoms with Crippen molar-refractivity contribution < 1.29 is 24.2 Å². The van der Waals surface area contributed by atoms with Gasteiger partial charge in [0.25, 0.3) is 5.91 Å². The Kier molecular flexibility index (Phi) is 7.82. The molecular formula is C26H28ClN7O5. The Morgan fingerprint density at radius 2 is 2.00 bits per heavy atom. The van der Waals surface area contributed by atoms with Gasteiger partial charge in [-0.2, -0.15) is 9.61 Å². The second kappa shape index (κ2) is 11.6. The third kappa shape index (κ3) is 6.77. The van der Waals surface area contributed by atoms with E-state index in [1.54, 1.807) is 22.8 Å². The highest BCUT2D eigenvalue weighted by molar-refractivity contribution is 6.32. The monoisotopic (exact) mass is 553 g/mol. The molecule has 204 valence electrons. The largest absolute Gasteiger partial charge is 0.492 e. The van der Waals surface area contributed by atoms with Crippen molar-refractivity contribution >= 4 is 58.6 Å². The number of nitrogens with zero attached hydrogens (tertiary/aromatic N) is 3. The number of unbranched alkanes of at least 4 members (excludes halogenated alkanes) is 3. The van der Waals surface area contributed by atoms with Gasteiger partial charge >= 0.3 is 12.0 Å². The van der Waals surface area contributed by atoms with Crippen LogP contribution in [0.3, 0.4) is 0 Å². The average molecular weight is 554 g/mol. The van der Waals surface area contributed by atoms with Crippen LogP contribution >= 0.6 is 11.6 Å². The number of hydrogen-bond donors (Lipinski definition) is 5. The fourth-order valence-corrected chi connectivity index (χ4v) is 4.32. The zero-order valence-electron chi connectivity index (χ0n) is 21.0. The molecule has 3 amide bonds. The molecule has 0 spiro atoms. The van der Waals surface area contributed by atoms with E-state index in [1.165, 1.54) is 6.08 Å². The van der Waals surface area contributed by atoms with Crippen LogP contribution in [-0.2, 0) is 9.59 Å². The van der Waals surface area contributed by atoms with Gasteiger partial charge in [0.2, 0.25) is 0 Å². The van der Waals surface area contributed by atoms with Crippen LogP contribution in [0.4, 0.5) is 22.1 Å². The molecule has 0 radical (unpaired) electrons. The van der Waals surface area contributed by atoms with Gasteiger partial charge in [-0.25, -0.2) is 9.78 Å². The topological polar surface area (TPSA) is 159 Å². The molecule has 2 fully saturated rings. The predicted molar refractivity (Wildman–Crippen MR) is 145 cm³/mol. The lowest BCUT2D eigenvalue weighted by Crippen LogP contribution is -2.22. The molecule has 0 bridgehead atoms. The van der Waals surface area contributed by atoms with Gasteiger partial charge in [-0.1, -0.05) is 24.4 Å². The van der Waals surface area contributed by atoms with Crippen molar-refractivity contribution in [2.75, 3.05) is 17.2 Å². The van der Waals surface area contributed by atoms with E-state index in [0.717, 1.165) is 37.9 Å². The number of fused-ring (bicyclic) bond motifs is 1. The first-order valence-corrected chi connectivity index (χ1v) is 13.1. The molecule has 5 N–H and O–H groups in total. The van der Waals surface area contributed by atoms with E-state index in [1.807, 2.05) is 12.1 Å². The van der Waals surface area contributed by atoms with Crippen LogP contribution in [0.15, 0.2) is 36.2 Å². The molecule has 1 saturated carbocycles. The molecule has 1 saturated heterocycles. The second-order valence-corrected chi connectivity index (χ2v) is 9.83. The third-order valence-electron chi connectivity index (χ3n) is 6.20.